The van der Waals surface area contributed by atoms with Crippen LogP contribution in [-0.4, -0.2) is 57.3 Å². The van der Waals surface area contributed by atoms with Crippen molar-refractivity contribution < 1.29 is 49.1 Å². The van der Waals surface area contributed by atoms with E-state index in [0.717, 1.165) is 12.5 Å². The van der Waals surface area contributed by atoms with Crippen LogP contribution in [0.5, 0.6) is 23.0 Å². The van der Waals surface area contributed by atoms with Crippen molar-refractivity contribution in [1.82, 2.24) is 10.6 Å². The molecule has 0 heterocycles. The van der Waals surface area contributed by atoms with Gasteiger partial charge in [0, 0.05) is 45.6 Å². The molecule has 12 nitrogen and oxygen atoms in total. The molecule has 3 aromatic rings. The standard InChI is InChI=1S/C36H40N2O10/c1-9-37-35(45)47-13-21-27-19(23(15(3)4)33(43)29(21)39)11-17(7)25(31(27)41)26-18(8)12-20-24(16(5)6)34(44)30(40)22(28(20)32(26)42)14-48-36(46)38-10-2/h11-16,39,41-43H,9-10H2,1-8H3,(H,37,45)(H,38,46)/b21-13-,22-14-,26-25+. The molecule has 6 N–H and O–H groups in total. The fourth-order valence-corrected chi connectivity index (χ4v) is 6.16. The van der Waals surface area contributed by atoms with Crippen molar-refractivity contribution in [2.75, 3.05) is 13.1 Å². The van der Waals surface area contributed by atoms with E-state index in [4.69, 9.17) is 9.47 Å². The maximum atomic E-state index is 13.4. The van der Waals surface area contributed by atoms with E-state index in [1.165, 1.54) is 0 Å². The molecular formula is C36H40N2O10. The Morgan fingerprint density at radius 3 is 1.83 bits per heavy atom. The van der Waals surface area contributed by atoms with Crippen molar-refractivity contribution in [2.24, 2.45) is 5.92 Å². The summed E-state index contributed by atoms with van der Waals surface area (Å²) in [5.41, 5.74) is 0.935. The second-order valence-electron chi connectivity index (χ2n) is 12.1. The molecule has 0 spiro atoms. The minimum atomic E-state index is -0.985. The predicted molar refractivity (Wildman–Crippen MR) is 179 cm³/mol. The summed E-state index contributed by atoms with van der Waals surface area (Å²) in [7, 11) is 0. The number of phenolic OH excluding ortho intramolecular Hbond substituents is 4. The van der Waals surface area contributed by atoms with Gasteiger partial charge in [-0.2, -0.15) is 0 Å². The lowest BCUT2D eigenvalue weighted by Crippen LogP contribution is -2.34. The Morgan fingerprint density at radius 2 is 1.29 bits per heavy atom. The van der Waals surface area contributed by atoms with E-state index in [0.29, 0.717) is 22.1 Å². The molecule has 3 aromatic carbocycles. The number of aromatic hydroxyl groups is 4. The number of hydrogen-bond acceptors (Lipinski definition) is 10. The molecule has 0 atom stereocenters. The highest BCUT2D eigenvalue weighted by molar-refractivity contribution is 6.65. The first kappa shape index (κ1) is 35.3. The van der Waals surface area contributed by atoms with Crippen molar-refractivity contribution in [1.29, 1.82) is 0 Å². The SMILES string of the molecule is CCNC(=O)O/C=C1\C(=O)C(=O)C(C(C)C)=c2cc(C)/c(=c3/c(C)cc4c(C(C)C)c(O)c(O)/c(=C\OC(=O)NCC)c4c3O)c(O)c21. The van der Waals surface area contributed by atoms with E-state index in [2.05, 4.69) is 10.6 Å². The summed E-state index contributed by atoms with van der Waals surface area (Å²) in [6, 6.07) is 3.28. The molecule has 12 heteroatoms. The van der Waals surface area contributed by atoms with E-state index in [1.54, 1.807) is 67.5 Å². The molecule has 254 valence electrons. The Hall–Kier alpha value is -5.52. The van der Waals surface area contributed by atoms with Crippen LogP contribution in [0.15, 0.2) is 18.4 Å². The van der Waals surface area contributed by atoms with Gasteiger partial charge >= 0.3 is 12.2 Å². The number of fused-ring (bicyclic) bond motifs is 2. The molecule has 0 aliphatic heterocycles. The number of phenols is 4. The zero-order chi connectivity index (χ0) is 35.8. The van der Waals surface area contributed by atoms with Gasteiger partial charge in [-0.05, 0) is 61.3 Å². The van der Waals surface area contributed by atoms with E-state index in [1.807, 2.05) is 0 Å². The fourth-order valence-electron chi connectivity index (χ4n) is 6.16. The normalized spacial score (nSPS) is 15.0. The second kappa shape index (κ2) is 13.7. The summed E-state index contributed by atoms with van der Waals surface area (Å²) in [6.07, 6.45) is 0.0358. The molecule has 1 aliphatic carbocycles. The van der Waals surface area contributed by atoms with Crippen molar-refractivity contribution >= 4 is 51.9 Å². The van der Waals surface area contributed by atoms with Crippen LogP contribution >= 0.6 is 0 Å². The first-order valence-electron chi connectivity index (χ1n) is 15.6. The van der Waals surface area contributed by atoms with E-state index < -0.39 is 52.7 Å². The van der Waals surface area contributed by atoms with Gasteiger partial charge in [-0.15, -0.1) is 0 Å². The largest absolute Gasteiger partial charge is 0.507 e. The van der Waals surface area contributed by atoms with Crippen LogP contribution in [0.1, 0.15) is 69.7 Å². The second-order valence-corrected chi connectivity index (χ2v) is 12.1. The smallest absolute Gasteiger partial charge is 0.412 e. The van der Waals surface area contributed by atoms with Gasteiger partial charge in [-0.25, -0.2) is 9.59 Å². The topological polar surface area (TPSA) is 192 Å². The van der Waals surface area contributed by atoms with Gasteiger partial charge in [-0.3, -0.25) is 9.59 Å². The molecule has 0 radical (unpaired) electrons. The fraction of sp³-hybridized carbons (Fsp3) is 0.333. The maximum absolute atomic E-state index is 13.4. The Labute approximate surface area is 276 Å². The number of alkyl carbamates (subject to hydrolysis) is 2. The molecule has 2 amide bonds. The summed E-state index contributed by atoms with van der Waals surface area (Å²) in [6.45, 7) is 14.2. The molecule has 0 saturated heterocycles. The third-order valence-corrected chi connectivity index (χ3v) is 8.16. The van der Waals surface area contributed by atoms with Crippen molar-refractivity contribution in [2.45, 2.75) is 61.3 Å². The lowest BCUT2D eigenvalue weighted by Gasteiger charge is -2.22. The summed E-state index contributed by atoms with van der Waals surface area (Å²) < 4.78 is 10.3. The summed E-state index contributed by atoms with van der Waals surface area (Å²) in [5.74, 6) is -4.52. The monoisotopic (exact) mass is 660 g/mol. The number of allylic oxidation sites excluding steroid dienone is 1. The minimum absolute atomic E-state index is 0.0199. The Bertz CT molecular complexity index is 2150. The third kappa shape index (κ3) is 6.01. The van der Waals surface area contributed by atoms with Crippen LogP contribution in [0.2, 0.25) is 0 Å². The molecule has 0 unspecified atom stereocenters. The Morgan fingerprint density at radius 1 is 0.750 bits per heavy atom. The van der Waals surface area contributed by atoms with E-state index >= 15 is 0 Å². The van der Waals surface area contributed by atoms with Gasteiger partial charge in [0.2, 0.25) is 11.6 Å². The van der Waals surface area contributed by atoms with Crippen LogP contribution in [-0.2, 0) is 19.1 Å². The van der Waals surface area contributed by atoms with Crippen molar-refractivity contribution in [3.8, 4) is 23.0 Å². The quantitative estimate of drug-likeness (QED) is 0.0966. The van der Waals surface area contributed by atoms with E-state index in [-0.39, 0.29) is 62.0 Å². The van der Waals surface area contributed by atoms with Gasteiger partial charge in [-0.1, -0.05) is 39.8 Å². The van der Waals surface area contributed by atoms with Gasteiger partial charge in [0.15, 0.2) is 11.5 Å². The first-order valence-corrected chi connectivity index (χ1v) is 15.6. The van der Waals surface area contributed by atoms with E-state index in [9.17, 15) is 39.6 Å². The summed E-state index contributed by atoms with van der Waals surface area (Å²) in [5, 5.41) is 51.7. The molecule has 0 fully saturated rings. The van der Waals surface area contributed by atoms with Crippen molar-refractivity contribution in [3.05, 3.63) is 61.5 Å². The molecule has 0 aromatic heterocycles. The number of amides is 2. The molecular weight excluding hydrogens is 620 g/mol. The summed E-state index contributed by atoms with van der Waals surface area (Å²) >= 11 is 0. The molecule has 48 heavy (non-hydrogen) atoms. The minimum Gasteiger partial charge on any atom is -0.507 e. The highest BCUT2D eigenvalue weighted by Crippen LogP contribution is 2.42. The molecule has 0 bridgehead atoms. The number of nitrogens with one attached hydrogen (secondary N) is 2. The van der Waals surface area contributed by atoms with Crippen molar-refractivity contribution in [3.63, 3.8) is 0 Å². The molecule has 4 rings (SSSR count). The van der Waals surface area contributed by atoms with Crippen LogP contribution in [0.4, 0.5) is 9.59 Å². The van der Waals surface area contributed by atoms with Crippen LogP contribution in [0.3, 0.4) is 0 Å². The number of ether oxygens (including phenoxy) is 2. The average Bonchev–Trinajstić information content (AvgIpc) is 2.99. The van der Waals surface area contributed by atoms with Crippen LogP contribution in [0, 0.1) is 30.2 Å². The van der Waals surface area contributed by atoms with Gasteiger partial charge < -0.3 is 40.5 Å². The number of Topliss-reactive ketones (excluding diaryl/α,β-unsaturated/α-hetero) is 2. The number of hydrogen-bond donors (Lipinski definition) is 6. The Kier molecular flexibility index (Phi) is 10.1. The van der Waals surface area contributed by atoms with Gasteiger partial charge in [0.25, 0.3) is 0 Å². The number of ketones is 2. The van der Waals surface area contributed by atoms with Crippen LogP contribution < -0.4 is 21.1 Å². The average molecular weight is 661 g/mol. The zero-order valence-electron chi connectivity index (χ0n) is 28.1. The number of aryl methyl sites for hydroxylation is 2. The number of carbonyl (C=O) groups excluding carboxylic acids is 4. The molecule has 0 saturated carbocycles. The summed E-state index contributed by atoms with van der Waals surface area (Å²) in [4.78, 5) is 51.0. The Balaban J connectivity index is 2.32. The number of rotatable bonds is 6. The lowest BCUT2D eigenvalue weighted by atomic mass is 9.81. The first-order chi connectivity index (χ1) is 22.6. The van der Waals surface area contributed by atoms with Gasteiger partial charge in [0.05, 0.1) is 10.8 Å². The zero-order valence-corrected chi connectivity index (χ0v) is 28.1. The van der Waals surface area contributed by atoms with Crippen LogP contribution in [0.25, 0.3) is 28.2 Å². The highest BCUT2D eigenvalue weighted by Gasteiger charge is 2.35. The molecule has 1 aliphatic rings. The van der Waals surface area contributed by atoms with Gasteiger partial charge in [0.1, 0.15) is 24.0 Å². The highest BCUT2D eigenvalue weighted by atomic mass is 16.5. The third-order valence-electron chi connectivity index (χ3n) is 8.16. The lowest BCUT2D eigenvalue weighted by molar-refractivity contribution is -0.130. The predicted octanol–water partition coefficient (Wildman–Crippen LogP) is 4.22. The number of carbonyl (C=O) groups is 4. The maximum Gasteiger partial charge on any atom is 0.412 e. The number of benzene rings is 3.